The maximum absolute atomic E-state index is 11.4. The number of rotatable bonds is 5. The van der Waals surface area contributed by atoms with Gasteiger partial charge >= 0.3 is 0 Å². The second-order valence-electron chi connectivity index (χ2n) is 4.64. The molecule has 1 aliphatic rings. The zero-order chi connectivity index (χ0) is 13.0. The van der Waals surface area contributed by atoms with E-state index < -0.39 is 9.84 Å². The van der Waals surface area contributed by atoms with Gasteiger partial charge in [0.1, 0.15) is 0 Å². The van der Waals surface area contributed by atoms with Gasteiger partial charge in [0.25, 0.3) is 0 Å². The fraction of sp³-hybridized carbons (Fsp3) is 0.462. The lowest BCUT2D eigenvalue weighted by Gasteiger charge is -2.23. The van der Waals surface area contributed by atoms with Gasteiger partial charge < -0.3 is 4.90 Å². The van der Waals surface area contributed by atoms with Gasteiger partial charge in [0.15, 0.2) is 9.84 Å². The Morgan fingerprint density at radius 2 is 2.00 bits per heavy atom. The summed E-state index contributed by atoms with van der Waals surface area (Å²) in [6.07, 6.45) is 2.10. The summed E-state index contributed by atoms with van der Waals surface area (Å²) in [5.74, 6) is 0.313. The second-order valence-corrected chi connectivity index (χ2v) is 6.86. The third kappa shape index (κ3) is 3.32. The quantitative estimate of drug-likeness (QED) is 0.744. The van der Waals surface area contributed by atoms with Gasteiger partial charge in [-0.2, -0.15) is 0 Å². The van der Waals surface area contributed by atoms with Crippen LogP contribution >= 0.6 is 0 Å². The smallest absolute Gasteiger partial charge is 0.209 e. The number of carbonyl (C=O) groups excluding carboxylic acids is 1. The molecule has 1 aromatic rings. The summed E-state index contributed by atoms with van der Waals surface area (Å²) in [5.41, 5.74) is 1.16. The van der Waals surface area contributed by atoms with Crippen LogP contribution in [-0.4, -0.2) is 43.8 Å². The first-order valence-electron chi connectivity index (χ1n) is 6.06. The Bertz CT molecular complexity index is 498. The monoisotopic (exact) mass is 267 g/mol. The Balaban J connectivity index is 1.92. The predicted octanol–water partition coefficient (Wildman–Crippen LogP) is 0.875. The molecular weight excluding hydrogens is 250 g/mol. The van der Waals surface area contributed by atoms with Gasteiger partial charge in [-0.15, -0.1) is 0 Å². The lowest BCUT2D eigenvalue weighted by molar-refractivity contribution is -0.119. The molecule has 0 spiro atoms. The van der Waals surface area contributed by atoms with Crippen molar-refractivity contribution in [3.63, 3.8) is 0 Å². The Morgan fingerprint density at radius 3 is 2.56 bits per heavy atom. The first-order valence-corrected chi connectivity index (χ1v) is 7.88. The molecule has 98 valence electrons. The fourth-order valence-corrected chi connectivity index (χ4v) is 4.00. The third-order valence-corrected chi connectivity index (χ3v) is 5.06. The van der Waals surface area contributed by atoms with E-state index in [1.807, 2.05) is 30.3 Å². The molecule has 18 heavy (non-hydrogen) atoms. The van der Waals surface area contributed by atoms with Crippen LogP contribution in [0.15, 0.2) is 30.3 Å². The molecule has 0 saturated carbocycles. The number of hydrogen-bond donors (Lipinski definition) is 0. The van der Waals surface area contributed by atoms with Crippen LogP contribution in [0.2, 0.25) is 0 Å². The van der Waals surface area contributed by atoms with E-state index in [9.17, 15) is 13.2 Å². The van der Waals surface area contributed by atoms with Crippen LogP contribution in [0.1, 0.15) is 12.0 Å². The molecule has 1 fully saturated rings. The fourth-order valence-electron chi connectivity index (χ4n) is 2.26. The van der Waals surface area contributed by atoms with Gasteiger partial charge in [-0.05, 0) is 18.4 Å². The number of hydrogen-bond acceptors (Lipinski definition) is 3. The van der Waals surface area contributed by atoms with Gasteiger partial charge in [0, 0.05) is 12.6 Å². The maximum Gasteiger partial charge on any atom is 0.209 e. The lowest BCUT2D eigenvalue weighted by atomic mass is 10.1. The molecular formula is C13H17NO3S. The van der Waals surface area contributed by atoms with Crippen LogP contribution in [0.4, 0.5) is 0 Å². The van der Waals surface area contributed by atoms with Crippen LogP contribution in [-0.2, 0) is 21.1 Å². The van der Waals surface area contributed by atoms with Crippen molar-refractivity contribution in [1.29, 1.82) is 0 Å². The summed E-state index contributed by atoms with van der Waals surface area (Å²) in [7, 11) is -2.93. The molecule has 1 heterocycles. The summed E-state index contributed by atoms with van der Waals surface area (Å²) < 4.78 is 22.8. The minimum Gasteiger partial charge on any atom is -0.341 e. The van der Waals surface area contributed by atoms with Gasteiger partial charge in [-0.25, -0.2) is 8.42 Å². The molecule has 0 N–H and O–H groups in total. The van der Waals surface area contributed by atoms with Crippen LogP contribution in [0, 0.1) is 0 Å². The SMILES string of the molecule is O=CN(CCc1ccccc1)C1CCS(=O)(=O)C1. The van der Waals surface area contributed by atoms with Crippen LogP contribution < -0.4 is 0 Å². The normalized spacial score (nSPS) is 21.7. The molecule has 4 nitrogen and oxygen atoms in total. The molecule has 0 bridgehead atoms. The number of amides is 1. The van der Waals surface area contributed by atoms with E-state index >= 15 is 0 Å². The first-order chi connectivity index (χ1) is 8.61. The highest BCUT2D eigenvalue weighted by Crippen LogP contribution is 2.17. The van der Waals surface area contributed by atoms with E-state index in [0.29, 0.717) is 13.0 Å². The van der Waals surface area contributed by atoms with Gasteiger partial charge in [-0.3, -0.25) is 4.79 Å². The second kappa shape index (κ2) is 5.52. The predicted molar refractivity (Wildman–Crippen MR) is 70.0 cm³/mol. The van der Waals surface area contributed by atoms with E-state index in [0.717, 1.165) is 18.4 Å². The average molecular weight is 267 g/mol. The summed E-state index contributed by atoms with van der Waals surface area (Å²) in [5, 5.41) is 0. The summed E-state index contributed by atoms with van der Waals surface area (Å²) >= 11 is 0. The Hall–Kier alpha value is -1.36. The van der Waals surface area contributed by atoms with Gasteiger partial charge in [0.2, 0.25) is 6.41 Å². The highest BCUT2D eigenvalue weighted by Gasteiger charge is 2.31. The molecule has 1 unspecified atom stereocenters. The van der Waals surface area contributed by atoms with Crippen LogP contribution in [0.5, 0.6) is 0 Å². The van der Waals surface area contributed by atoms with Crippen molar-refractivity contribution in [2.75, 3.05) is 18.1 Å². The van der Waals surface area contributed by atoms with Crippen molar-refractivity contribution in [3.8, 4) is 0 Å². The average Bonchev–Trinajstić information content (AvgIpc) is 2.72. The minimum absolute atomic E-state index is 0.112. The molecule has 1 aromatic carbocycles. The minimum atomic E-state index is -2.93. The maximum atomic E-state index is 11.4. The Labute approximate surface area is 108 Å². The molecule has 1 saturated heterocycles. The molecule has 1 atom stereocenters. The van der Waals surface area contributed by atoms with Crippen molar-refractivity contribution in [2.45, 2.75) is 18.9 Å². The zero-order valence-corrected chi connectivity index (χ0v) is 11.0. The molecule has 2 rings (SSSR count). The molecule has 1 amide bonds. The molecule has 0 aromatic heterocycles. The Kier molecular flexibility index (Phi) is 4.01. The van der Waals surface area contributed by atoms with E-state index in [-0.39, 0.29) is 17.5 Å². The molecule has 0 aliphatic carbocycles. The van der Waals surface area contributed by atoms with Crippen LogP contribution in [0.25, 0.3) is 0 Å². The van der Waals surface area contributed by atoms with Gasteiger partial charge in [-0.1, -0.05) is 30.3 Å². The van der Waals surface area contributed by atoms with Crippen LogP contribution in [0.3, 0.4) is 0 Å². The van der Waals surface area contributed by atoms with E-state index in [2.05, 4.69) is 0 Å². The topological polar surface area (TPSA) is 54.5 Å². The third-order valence-electron chi connectivity index (χ3n) is 3.31. The standard InChI is InChI=1S/C13H17NO3S/c15-11-14(13-7-9-18(16,17)10-13)8-6-12-4-2-1-3-5-12/h1-5,11,13H,6-10H2. The first kappa shape index (κ1) is 13.1. The largest absolute Gasteiger partial charge is 0.341 e. The molecule has 0 radical (unpaired) electrons. The number of sulfone groups is 1. The van der Waals surface area contributed by atoms with Crippen molar-refractivity contribution in [3.05, 3.63) is 35.9 Å². The molecule has 1 aliphatic heterocycles. The number of benzene rings is 1. The van der Waals surface area contributed by atoms with E-state index in [1.54, 1.807) is 4.90 Å². The molecule has 5 heteroatoms. The van der Waals surface area contributed by atoms with E-state index in [1.165, 1.54) is 0 Å². The highest BCUT2D eigenvalue weighted by molar-refractivity contribution is 7.91. The van der Waals surface area contributed by atoms with Crippen molar-refractivity contribution < 1.29 is 13.2 Å². The number of carbonyl (C=O) groups is 1. The van der Waals surface area contributed by atoms with Crippen molar-refractivity contribution in [1.82, 2.24) is 4.90 Å². The van der Waals surface area contributed by atoms with E-state index in [4.69, 9.17) is 0 Å². The van der Waals surface area contributed by atoms with Crippen molar-refractivity contribution in [2.24, 2.45) is 0 Å². The summed E-state index contributed by atoms with van der Waals surface area (Å²) in [6, 6.07) is 9.74. The highest BCUT2D eigenvalue weighted by atomic mass is 32.2. The van der Waals surface area contributed by atoms with Gasteiger partial charge in [0.05, 0.1) is 11.5 Å². The van der Waals surface area contributed by atoms with Crippen molar-refractivity contribution >= 4 is 16.2 Å². The zero-order valence-electron chi connectivity index (χ0n) is 10.2. The Morgan fingerprint density at radius 1 is 1.28 bits per heavy atom. The summed E-state index contributed by atoms with van der Waals surface area (Å²) in [6.45, 7) is 0.577. The number of nitrogens with zero attached hydrogens (tertiary/aromatic N) is 1. The lowest BCUT2D eigenvalue weighted by Crippen LogP contribution is -2.36. The summed E-state index contributed by atoms with van der Waals surface area (Å²) in [4.78, 5) is 12.7.